The molecule has 0 radical (unpaired) electrons. The first kappa shape index (κ1) is 13.7. The highest BCUT2D eigenvalue weighted by atomic mass is 16.3. The zero-order chi connectivity index (χ0) is 11.7. The maximum absolute atomic E-state index is 10.8. The van der Waals surface area contributed by atoms with Gasteiger partial charge in [-0.15, -0.1) is 0 Å². The predicted molar refractivity (Wildman–Crippen MR) is 61.4 cm³/mol. The van der Waals surface area contributed by atoms with Gasteiger partial charge in [0.2, 0.25) is 5.91 Å². The van der Waals surface area contributed by atoms with Gasteiger partial charge in [0.15, 0.2) is 0 Å². The molecule has 0 aliphatic heterocycles. The Morgan fingerprint density at radius 2 is 1.87 bits per heavy atom. The van der Waals surface area contributed by atoms with Gasteiger partial charge in [-0.25, -0.2) is 0 Å². The van der Waals surface area contributed by atoms with Gasteiger partial charge in [-0.1, -0.05) is 44.2 Å². The van der Waals surface area contributed by atoms with Crippen molar-refractivity contribution in [3.8, 4) is 0 Å². The van der Waals surface area contributed by atoms with Gasteiger partial charge in [-0.2, -0.15) is 0 Å². The number of benzene rings is 1. The maximum Gasteiger partial charge on any atom is 0.217 e. The molecule has 0 saturated heterocycles. The summed E-state index contributed by atoms with van der Waals surface area (Å²) in [6.45, 7) is 5.36. The van der Waals surface area contributed by atoms with Crippen molar-refractivity contribution in [3.63, 3.8) is 0 Å². The Morgan fingerprint density at radius 1 is 1.33 bits per heavy atom. The van der Waals surface area contributed by atoms with Crippen molar-refractivity contribution in [2.75, 3.05) is 6.61 Å². The van der Waals surface area contributed by atoms with Gasteiger partial charge < -0.3 is 10.4 Å². The molecule has 0 aliphatic carbocycles. The molecule has 0 unspecified atom stereocenters. The molecule has 1 aromatic rings. The molecule has 1 amide bonds. The number of aliphatic hydroxyl groups excluding tert-OH is 1. The number of carbonyl (C=O) groups is 1. The van der Waals surface area contributed by atoms with E-state index in [0.29, 0.717) is 0 Å². The second kappa shape index (κ2) is 8.00. The summed E-state index contributed by atoms with van der Waals surface area (Å²) < 4.78 is 0. The third kappa shape index (κ3) is 5.18. The molecule has 0 bridgehead atoms. The van der Waals surface area contributed by atoms with E-state index < -0.39 is 0 Å². The van der Waals surface area contributed by atoms with Crippen LogP contribution < -0.4 is 5.32 Å². The van der Waals surface area contributed by atoms with Gasteiger partial charge in [0, 0.05) is 6.92 Å². The smallest absolute Gasteiger partial charge is 0.217 e. The van der Waals surface area contributed by atoms with Crippen LogP contribution in [0.5, 0.6) is 0 Å². The highest BCUT2D eigenvalue weighted by molar-refractivity contribution is 5.73. The van der Waals surface area contributed by atoms with Crippen molar-refractivity contribution in [2.24, 2.45) is 0 Å². The summed E-state index contributed by atoms with van der Waals surface area (Å²) in [6, 6.07) is 9.10. The molecule has 0 fully saturated rings. The molecule has 2 N–H and O–H groups in total. The molecule has 3 heteroatoms. The minimum Gasteiger partial charge on any atom is -0.394 e. The van der Waals surface area contributed by atoms with Gasteiger partial charge >= 0.3 is 0 Å². The summed E-state index contributed by atoms with van der Waals surface area (Å²) in [6.07, 6.45) is 0. The summed E-state index contributed by atoms with van der Waals surface area (Å²) >= 11 is 0. The highest BCUT2D eigenvalue weighted by Gasteiger charge is 2.09. The average Bonchev–Trinajstić information content (AvgIpc) is 2.29. The second-order valence-electron chi connectivity index (χ2n) is 2.85. The lowest BCUT2D eigenvalue weighted by molar-refractivity contribution is -0.120. The van der Waals surface area contributed by atoms with Crippen LogP contribution >= 0.6 is 0 Å². The number of carbonyl (C=O) groups excluding carboxylic acids is 1. The first-order valence-corrected chi connectivity index (χ1v) is 5.17. The van der Waals surface area contributed by atoms with Crippen LogP contribution in [0.1, 0.15) is 32.4 Å². The van der Waals surface area contributed by atoms with E-state index >= 15 is 0 Å². The normalized spacial score (nSPS) is 10.9. The Balaban J connectivity index is 0.000000921. The van der Waals surface area contributed by atoms with Crippen molar-refractivity contribution < 1.29 is 9.90 Å². The fraction of sp³-hybridized carbons (Fsp3) is 0.417. The largest absolute Gasteiger partial charge is 0.394 e. The second-order valence-corrected chi connectivity index (χ2v) is 2.85. The first-order chi connectivity index (χ1) is 7.24. The summed E-state index contributed by atoms with van der Waals surface area (Å²) in [5, 5.41) is 11.7. The standard InChI is InChI=1S/C10H13NO2.C2H6/c1-8(13)11-10(7-12)9-5-3-2-4-6-9;1-2/h2-6,10,12H,7H2,1H3,(H,11,13);1-2H3/t10-;/m0./s1. The molecule has 1 rings (SSSR count). The minimum absolute atomic E-state index is 0.0798. The van der Waals surface area contributed by atoms with Crippen LogP contribution in [0.25, 0.3) is 0 Å². The van der Waals surface area contributed by atoms with E-state index in [1.807, 2.05) is 44.2 Å². The molecule has 1 atom stereocenters. The molecule has 0 saturated carbocycles. The number of aliphatic hydroxyl groups is 1. The zero-order valence-electron chi connectivity index (χ0n) is 9.53. The van der Waals surface area contributed by atoms with Crippen LogP contribution in [0.3, 0.4) is 0 Å². The Bertz CT molecular complexity index is 272. The summed E-state index contributed by atoms with van der Waals surface area (Å²) in [5.74, 6) is -0.136. The SMILES string of the molecule is CC.CC(=O)N[C@@H](CO)c1ccccc1. The molecule has 0 heterocycles. The van der Waals surface area contributed by atoms with E-state index in [1.165, 1.54) is 6.92 Å². The topological polar surface area (TPSA) is 49.3 Å². The number of nitrogens with one attached hydrogen (secondary N) is 1. The monoisotopic (exact) mass is 209 g/mol. The summed E-state index contributed by atoms with van der Waals surface area (Å²) in [5.41, 5.74) is 0.917. The van der Waals surface area contributed by atoms with Crippen LogP contribution in [0.4, 0.5) is 0 Å². The van der Waals surface area contributed by atoms with E-state index in [2.05, 4.69) is 5.32 Å². The molecule has 3 nitrogen and oxygen atoms in total. The van der Waals surface area contributed by atoms with Gasteiger partial charge in [-0.05, 0) is 5.56 Å². The van der Waals surface area contributed by atoms with Crippen molar-refractivity contribution in [1.29, 1.82) is 0 Å². The van der Waals surface area contributed by atoms with E-state index in [4.69, 9.17) is 5.11 Å². The minimum atomic E-state index is -0.293. The molecule has 0 spiro atoms. The van der Waals surface area contributed by atoms with Gasteiger partial charge in [0.05, 0.1) is 12.6 Å². The quantitative estimate of drug-likeness (QED) is 0.798. The van der Waals surface area contributed by atoms with E-state index in [-0.39, 0.29) is 18.6 Å². The lowest BCUT2D eigenvalue weighted by Crippen LogP contribution is -2.28. The van der Waals surface area contributed by atoms with E-state index in [9.17, 15) is 4.79 Å². The van der Waals surface area contributed by atoms with Gasteiger partial charge in [-0.3, -0.25) is 4.79 Å². The summed E-state index contributed by atoms with van der Waals surface area (Å²) in [4.78, 5) is 10.8. The fourth-order valence-electron chi connectivity index (χ4n) is 1.17. The number of rotatable bonds is 3. The lowest BCUT2D eigenvalue weighted by Gasteiger charge is -2.14. The van der Waals surface area contributed by atoms with E-state index in [0.717, 1.165) is 5.56 Å². The number of hydrogen-bond donors (Lipinski definition) is 2. The van der Waals surface area contributed by atoms with Gasteiger partial charge in [0.25, 0.3) is 0 Å². The molecule has 0 aliphatic rings. The van der Waals surface area contributed by atoms with Crippen molar-refractivity contribution >= 4 is 5.91 Å². The molecule has 84 valence electrons. The van der Waals surface area contributed by atoms with E-state index in [1.54, 1.807) is 0 Å². The first-order valence-electron chi connectivity index (χ1n) is 5.17. The summed E-state index contributed by atoms with van der Waals surface area (Å²) in [7, 11) is 0. The van der Waals surface area contributed by atoms with Crippen molar-refractivity contribution in [2.45, 2.75) is 26.8 Å². The average molecular weight is 209 g/mol. The predicted octanol–water partition coefficient (Wildman–Crippen LogP) is 1.88. The number of hydrogen-bond acceptors (Lipinski definition) is 2. The zero-order valence-corrected chi connectivity index (χ0v) is 9.53. The molecule has 0 aromatic heterocycles. The van der Waals surface area contributed by atoms with Crippen LogP contribution in [0.2, 0.25) is 0 Å². The van der Waals surface area contributed by atoms with Crippen molar-refractivity contribution in [1.82, 2.24) is 5.32 Å². The van der Waals surface area contributed by atoms with Crippen LogP contribution in [-0.4, -0.2) is 17.6 Å². The highest BCUT2D eigenvalue weighted by Crippen LogP contribution is 2.10. The van der Waals surface area contributed by atoms with Crippen LogP contribution in [-0.2, 0) is 4.79 Å². The Labute approximate surface area is 91.1 Å². The third-order valence-corrected chi connectivity index (χ3v) is 1.76. The Hall–Kier alpha value is -1.35. The molecular weight excluding hydrogens is 190 g/mol. The maximum atomic E-state index is 10.8. The molecule has 1 aromatic carbocycles. The Morgan fingerprint density at radius 3 is 2.27 bits per heavy atom. The molecule has 15 heavy (non-hydrogen) atoms. The third-order valence-electron chi connectivity index (χ3n) is 1.76. The van der Waals surface area contributed by atoms with Crippen molar-refractivity contribution in [3.05, 3.63) is 35.9 Å². The molecular formula is C12H19NO2. The Kier molecular flexibility index (Phi) is 7.28. The number of amides is 1. The van der Waals surface area contributed by atoms with Gasteiger partial charge in [0.1, 0.15) is 0 Å². The fourth-order valence-corrected chi connectivity index (χ4v) is 1.17. The lowest BCUT2D eigenvalue weighted by atomic mass is 10.1. The van der Waals surface area contributed by atoms with Crippen LogP contribution in [0, 0.1) is 0 Å². The van der Waals surface area contributed by atoms with Crippen LogP contribution in [0.15, 0.2) is 30.3 Å².